The van der Waals surface area contributed by atoms with Crippen LogP contribution in [0.1, 0.15) is 28.0 Å². The molecule has 0 fully saturated rings. The van der Waals surface area contributed by atoms with Crippen molar-refractivity contribution in [1.29, 1.82) is 0 Å². The summed E-state index contributed by atoms with van der Waals surface area (Å²) in [5.41, 5.74) is 2.31. The maximum Gasteiger partial charge on any atom is 0.293 e. The fourth-order valence-electron chi connectivity index (χ4n) is 3.26. The molecule has 5 aromatic rings. The Bertz CT molecular complexity index is 1420. The second-order valence-corrected chi connectivity index (χ2v) is 10.3. The van der Waals surface area contributed by atoms with E-state index in [1.165, 1.54) is 34.4 Å². The molecule has 0 saturated carbocycles. The van der Waals surface area contributed by atoms with E-state index in [4.69, 9.17) is 9.15 Å². The van der Waals surface area contributed by atoms with Crippen LogP contribution in [0.3, 0.4) is 0 Å². The van der Waals surface area contributed by atoms with Gasteiger partial charge in [-0.1, -0.05) is 52.6 Å². The number of ether oxygens (including phenoxy) is 1. The Morgan fingerprint density at radius 1 is 1.19 bits per heavy atom. The van der Waals surface area contributed by atoms with Crippen LogP contribution in [0.5, 0.6) is 5.75 Å². The number of fused-ring (bicyclic) bond motifs is 2. The molecule has 0 aliphatic heterocycles. The summed E-state index contributed by atoms with van der Waals surface area (Å²) in [6.07, 6.45) is 0. The molecular formula is C22H18N4O3S3. The lowest BCUT2D eigenvalue weighted by Gasteiger charge is -2.02. The van der Waals surface area contributed by atoms with Crippen LogP contribution in [0, 0.1) is 6.92 Å². The van der Waals surface area contributed by atoms with Crippen LogP contribution in [0.2, 0.25) is 0 Å². The third-order valence-corrected chi connectivity index (χ3v) is 7.58. The molecule has 0 radical (unpaired) electrons. The lowest BCUT2D eigenvalue weighted by Crippen LogP contribution is -2.12. The van der Waals surface area contributed by atoms with E-state index in [-0.39, 0.29) is 11.7 Å². The van der Waals surface area contributed by atoms with Gasteiger partial charge >= 0.3 is 0 Å². The van der Waals surface area contributed by atoms with Gasteiger partial charge in [-0.2, -0.15) is 0 Å². The zero-order valence-corrected chi connectivity index (χ0v) is 19.7. The van der Waals surface area contributed by atoms with Crippen molar-refractivity contribution in [2.24, 2.45) is 0 Å². The summed E-state index contributed by atoms with van der Waals surface area (Å²) in [6.45, 7) is 4.46. The number of para-hydroxylation sites is 1. The SMILES string of the molecule is CCOc1ccc2nc(NC(=O)c3oc4ccccc4c3CSc3nnc(C)s3)sc2c1. The first-order valence-corrected chi connectivity index (χ1v) is 12.5. The van der Waals surface area contributed by atoms with E-state index in [9.17, 15) is 4.79 Å². The quantitative estimate of drug-likeness (QED) is 0.278. The molecule has 2 aromatic carbocycles. The first kappa shape index (κ1) is 20.9. The van der Waals surface area contributed by atoms with Gasteiger partial charge in [-0.25, -0.2) is 4.98 Å². The normalized spacial score (nSPS) is 11.3. The monoisotopic (exact) mass is 482 g/mol. The summed E-state index contributed by atoms with van der Waals surface area (Å²) in [6, 6.07) is 13.3. The van der Waals surface area contributed by atoms with Gasteiger partial charge in [0.05, 0.1) is 16.8 Å². The standard InChI is InChI=1S/C22H18N4O3S3/c1-3-28-13-8-9-16-18(10-13)32-21(23-16)24-20(27)19-15(11-30-22-26-25-12(2)31-22)14-6-4-5-7-17(14)29-19/h4-10H,3,11H2,1-2H3,(H,23,24,27). The molecule has 162 valence electrons. The van der Waals surface area contributed by atoms with Crippen molar-refractivity contribution < 1.29 is 13.9 Å². The molecule has 5 rings (SSSR count). The Labute approximate surface area is 195 Å². The number of nitrogens with zero attached hydrogens (tertiary/aromatic N) is 3. The molecule has 0 saturated heterocycles. The highest BCUT2D eigenvalue weighted by atomic mass is 32.2. The number of furan rings is 1. The van der Waals surface area contributed by atoms with Gasteiger partial charge in [-0.3, -0.25) is 10.1 Å². The molecule has 0 aliphatic rings. The van der Waals surface area contributed by atoms with Gasteiger partial charge in [-0.05, 0) is 38.1 Å². The average Bonchev–Trinajstić information content (AvgIpc) is 3.48. The lowest BCUT2D eigenvalue weighted by molar-refractivity contribution is 0.0998. The van der Waals surface area contributed by atoms with Crippen LogP contribution in [-0.2, 0) is 5.75 Å². The first-order valence-electron chi connectivity index (χ1n) is 9.88. The Morgan fingerprint density at radius 3 is 2.88 bits per heavy atom. The number of hydrogen-bond donors (Lipinski definition) is 1. The summed E-state index contributed by atoms with van der Waals surface area (Å²) in [5, 5.41) is 13.5. The van der Waals surface area contributed by atoms with E-state index >= 15 is 0 Å². The van der Waals surface area contributed by atoms with Crippen molar-refractivity contribution in [3.63, 3.8) is 0 Å². The van der Waals surface area contributed by atoms with E-state index in [1.54, 1.807) is 0 Å². The molecule has 32 heavy (non-hydrogen) atoms. The van der Waals surface area contributed by atoms with Crippen LogP contribution in [-0.4, -0.2) is 27.7 Å². The molecular weight excluding hydrogens is 464 g/mol. The number of carbonyl (C=O) groups excluding carboxylic acids is 1. The summed E-state index contributed by atoms with van der Waals surface area (Å²) >= 11 is 4.47. The number of amides is 1. The minimum Gasteiger partial charge on any atom is -0.494 e. The first-order chi connectivity index (χ1) is 15.6. The Balaban J connectivity index is 1.43. The maximum absolute atomic E-state index is 13.2. The molecule has 0 atom stereocenters. The smallest absolute Gasteiger partial charge is 0.293 e. The van der Waals surface area contributed by atoms with Gasteiger partial charge in [-0.15, -0.1) is 10.2 Å². The second kappa shape index (κ2) is 8.89. The number of aromatic nitrogens is 3. The number of hydrogen-bond acceptors (Lipinski definition) is 9. The molecule has 1 N–H and O–H groups in total. The Morgan fingerprint density at radius 2 is 2.06 bits per heavy atom. The van der Waals surface area contributed by atoms with Gasteiger partial charge in [0.25, 0.3) is 5.91 Å². The lowest BCUT2D eigenvalue weighted by atomic mass is 10.1. The topological polar surface area (TPSA) is 90.1 Å². The number of anilines is 1. The van der Waals surface area contributed by atoms with Crippen LogP contribution in [0.4, 0.5) is 5.13 Å². The number of carbonyl (C=O) groups is 1. The molecule has 0 bridgehead atoms. The average molecular weight is 483 g/mol. The molecule has 10 heteroatoms. The number of benzene rings is 2. The van der Waals surface area contributed by atoms with Gasteiger partial charge < -0.3 is 9.15 Å². The molecule has 7 nitrogen and oxygen atoms in total. The number of nitrogens with one attached hydrogen (secondary N) is 1. The zero-order chi connectivity index (χ0) is 22.1. The number of rotatable bonds is 7. The van der Waals surface area contributed by atoms with Gasteiger partial charge in [0.1, 0.15) is 16.3 Å². The van der Waals surface area contributed by atoms with E-state index in [0.717, 1.165) is 36.3 Å². The summed E-state index contributed by atoms with van der Waals surface area (Å²) < 4.78 is 13.3. The molecule has 0 unspecified atom stereocenters. The van der Waals surface area contributed by atoms with Crippen molar-refractivity contribution in [2.75, 3.05) is 11.9 Å². The third kappa shape index (κ3) is 4.21. The summed E-state index contributed by atoms with van der Waals surface area (Å²) in [4.78, 5) is 17.7. The van der Waals surface area contributed by atoms with E-state index in [2.05, 4.69) is 20.5 Å². The van der Waals surface area contributed by atoms with Crippen LogP contribution < -0.4 is 10.1 Å². The van der Waals surface area contributed by atoms with Crippen molar-refractivity contribution >= 4 is 66.7 Å². The molecule has 1 amide bonds. The molecule has 0 aliphatic carbocycles. The highest BCUT2D eigenvalue weighted by molar-refractivity contribution is 8.00. The second-order valence-electron chi connectivity index (χ2n) is 6.82. The van der Waals surface area contributed by atoms with Gasteiger partial charge in [0, 0.05) is 16.7 Å². The fourth-order valence-corrected chi connectivity index (χ4v) is 6.00. The van der Waals surface area contributed by atoms with Gasteiger partial charge in [0.15, 0.2) is 15.2 Å². The van der Waals surface area contributed by atoms with Crippen LogP contribution in [0.15, 0.2) is 51.2 Å². The van der Waals surface area contributed by atoms with Crippen molar-refractivity contribution in [1.82, 2.24) is 15.2 Å². The van der Waals surface area contributed by atoms with Crippen LogP contribution >= 0.6 is 34.4 Å². The Hall–Kier alpha value is -2.95. The Kier molecular flexibility index (Phi) is 5.81. The van der Waals surface area contributed by atoms with E-state index in [1.807, 2.05) is 56.3 Å². The number of thioether (sulfide) groups is 1. The van der Waals surface area contributed by atoms with Crippen molar-refractivity contribution in [3.8, 4) is 5.75 Å². The zero-order valence-electron chi connectivity index (χ0n) is 17.2. The fraction of sp³-hybridized carbons (Fsp3) is 0.182. The molecule has 3 aromatic heterocycles. The predicted molar refractivity (Wildman–Crippen MR) is 129 cm³/mol. The van der Waals surface area contributed by atoms with Gasteiger partial charge in [0.2, 0.25) is 0 Å². The third-order valence-electron chi connectivity index (χ3n) is 4.64. The van der Waals surface area contributed by atoms with E-state index in [0.29, 0.717) is 23.1 Å². The predicted octanol–water partition coefficient (Wildman–Crippen LogP) is 6.15. The van der Waals surface area contributed by atoms with Crippen molar-refractivity contribution in [2.45, 2.75) is 23.9 Å². The minimum atomic E-state index is -0.325. The molecule has 0 spiro atoms. The minimum absolute atomic E-state index is 0.286. The maximum atomic E-state index is 13.2. The summed E-state index contributed by atoms with van der Waals surface area (Å²) in [5.74, 6) is 1.29. The number of thiazole rings is 1. The summed E-state index contributed by atoms with van der Waals surface area (Å²) in [7, 11) is 0. The largest absolute Gasteiger partial charge is 0.494 e. The highest BCUT2D eigenvalue weighted by Gasteiger charge is 2.22. The van der Waals surface area contributed by atoms with Crippen molar-refractivity contribution in [3.05, 3.63) is 58.8 Å². The number of aryl methyl sites for hydroxylation is 1. The highest BCUT2D eigenvalue weighted by Crippen LogP contribution is 2.34. The van der Waals surface area contributed by atoms with E-state index < -0.39 is 0 Å². The van der Waals surface area contributed by atoms with Crippen LogP contribution in [0.25, 0.3) is 21.2 Å². The molecule has 3 heterocycles.